The van der Waals surface area contributed by atoms with Gasteiger partial charge in [0.1, 0.15) is 0 Å². The van der Waals surface area contributed by atoms with E-state index in [9.17, 15) is 4.79 Å². The van der Waals surface area contributed by atoms with E-state index in [4.69, 9.17) is 16.1 Å². The number of nitrogens with zero attached hydrogens (tertiary/aromatic N) is 4. The summed E-state index contributed by atoms with van der Waals surface area (Å²) in [6.07, 6.45) is 0.435. The maximum atomic E-state index is 12.2. The van der Waals surface area contributed by atoms with Gasteiger partial charge >= 0.3 is 0 Å². The molecule has 1 saturated heterocycles. The van der Waals surface area contributed by atoms with Crippen molar-refractivity contribution in [2.24, 2.45) is 0 Å². The standard InChI is InChI=1S/C23H26ClN5O2/c1-17(23-26-22(27-31-23)18-7-3-2-4-8-18)29-15-13-28(14-16-29)12-11-21(30)25-20-10-6-5-9-19(20)24/h2-10,17H,11-16H2,1H3,(H,25,30). The molecule has 1 amide bonds. The molecule has 3 aromatic rings. The molecule has 0 aliphatic carbocycles. The molecule has 0 spiro atoms. The highest BCUT2D eigenvalue weighted by molar-refractivity contribution is 6.33. The first-order chi connectivity index (χ1) is 15.1. The minimum atomic E-state index is -0.0248. The minimum absolute atomic E-state index is 0.0248. The van der Waals surface area contributed by atoms with E-state index in [1.165, 1.54) is 0 Å². The number of aromatic nitrogens is 2. The Morgan fingerprint density at radius 2 is 1.81 bits per heavy atom. The maximum absolute atomic E-state index is 12.2. The van der Waals surface area contributed by atoms with E-state index >= 15 is 0 Å². The van der Waals surface area contributed by atoms with Crippen LogP contribution in [0.5, 0.6) is 0 Å². The summed E-state index contributed by atoms with van der Waals surface area (Å²) in [7, 11) is 0. The normalized spacial score (nSPS) is 16.2. The van der Waals surface area contributed by atoms with Crippen LogP contribution in [-0.4, -0.2) is 58.6 Å². The highest BCUT2D eigenvalue weighted by Gasteiger charge is 2.26. The Kier molecular flexibility index (Phi) is 6.96. The molecule has 162 valence electrons. The summed E-state index contributed by atoms with van der Waals surface area (Å²) in [6, 6.07) is 17.2. The van der Waals surface area contributed by atoms with Crippen molar-refractivity contribution in [2.45, 2.75) is 19.4 Å². The van der Waals surface area contributed by atoms with Gasteiger partial charge in [0.05, 0.1) is 16.8 Å². The molecular weight excluding hydrogens is 414 g/mol. The number of para-hydroxylation sites is 1. The van der Waals surface area contributed by atoms with Crippen molar-refractivity contribution >= 4 is 23.2 Å². The van der Waals surface area contributed by atoms with Crippen molar-refractivity contribution < 1.29 is 9.32 Å². The van der Waals surface area contributed by atoms with Gasteiger partial charge in [0.25, 0.3) is 0 Å². The molecule has 1 unspecified atom stereocenters. The van der Waals surface area contributed by atoms with Gasteiger partial charge in [-0.25, -0.2) is 0 Å². The molecule has 0 bridgehead atoms. The zero-order valence-electron chi connectivity index (χ0n) is 17.5. The molecule has 1 N–H and O–H groups in total. The molecule has 4 rings (SSSR count). The monoisotopic (exact) mass is 439 g/mol. The van der Waals surface area contributed by atoms with E-state index < -0.39 is 0 Å². The van der Waals surface area contributed by atoms with Crippen LogP contribution in [0.1, 0.15) is 25.3 Å². The maximum Gasteiger partial charge on any atom is 0.244 e. The van der Waals surface area contributed by atoms with Gasteiger partial charge < -0.3 is 14.7 Å². The number of carbonyl (C=O) groups excluding carboxylic acids is 1. The van der Waals surface area contributed by atoms with Gasteiger partial charge in [0, 0.05) is 44.7 Å². The number of rotatable bonds is 7. The second-order valence-electron chi connectivity index (χ2n) is 7.65. The summed E-state index contributed by atoms with van der Waals surface area (Å²) >= 11 is 6.10. The van der Waals surface area contributed by atoms with Crippen LogP contribution in [0, 0.1) is 0 Å². The van der Waals surface area contributed by atoms with E-state index in [2.05, 4.69) is 32.2 Å². The third kappa shape index (κ3) is 5.50. The van der Waals surface area contributed by atoms with Crippen molar-refractivity contribution in [3.05, 3.63) is 65.5 Å². The van der Waals surface area contributed by atoms with Crippen molar-refractivity contribution in [1.82, 2.24) is 19.9 Å². The topological polar surface area (TPSA) is 74.5 Å². The number of piperazine rings is 1. The van der Waals surface area contributed by atoms with Crippen LogP contribution < -0.4 is 5.32 Å². The molecule has 1 fully saturated rings. The first-order valence-electron chi connectivity index (χ1n) is 10.5. The Bertz CT molecular complexity index is 1000. The van der Waals surface area contributed by atoms with Gasteiger partial charge in [-0.15, -0.1) is 0 Å². The number of benzene rings is 2. The van der Waals surface area contributed by atoms with E-state index in [0.717, 1.165) is 38.3 Å². The lowest BCUT2D eigenvalue weighted by atomic mass is 10.2. The summed E-state index contributed by atoms with van der Waals surface area (Å²) in [5.41, 5.74) is 1.60. The van der Waals surface area contributed by atoms with E-state index in [0.29, 0.717) is 28.8 Å². The third-order valence-corrected chi connectivity index (χ3v) is 5.92. The van der Waals surface area contributed by atoms with Gasteiger partial charge in [-0.05, 0) is 19.1 Å². The fourth-order valence-corrected chi connectivity index (χ4v) is 3.86. The second-order valence-corrected chi connectivity index (χ2v) is 8.06. The summed E-state index contributed by atoms with van der Waals surface area (Å²) in [5, 5.41) is 7.56. The Balaban J connectivity index is 1.24. The third-order valence-electron chi connectivity index (χ3n) is 5.59. The highest BCUT2D eigenvalue weighted by Crippen LogP contribution is 2.24. The molecule has 0 saturated carbocycles. The van der Waals surface area contributed by atoms with Gasteiger partial charge in [-0.1, -0.05) is 59.2 Å². The Morgan fingerprint density at radius 1 is 1.10 bits per heavy atom. The molecule has 1 aromatic heterocycles. The van der Waals surface area contributed by atoms with Crippen LogP contribution in [-0.2, 0) is 4.79 Å². The molecular formula is C23H26ClN5O2. The zero-order valence-corrected chi connectivity index (χ0v) is 18.3. The number of anilines is 1. The molecule has 2 heterocycles. The quantitative estimate of drug-likeness (QED) is 0.597. The van der Waals surface area contributed by atoms with Crippen molar-refractivity contribution in [2.75, 3.05) is 38.0 Å². The molecule has 0 radical (unpaired) electrons. The predicted molar refractivity (Wildman–Crippen MR) is 121 cm³/mol. The van der Waals surface area contributed by atoms with Crippen LogP contribution in [0.2, 0.25) is 5.02 Å². The van der Waals surface area contributed by atoms with Crippen LogP contribution in [0.25, 0.3) is 11.4 Å². The number of nitrogens with one attached hydrogen (secondary N) is 1. The van der Waals surface area contributed by atoms with Crippen molar-refractivity contribution in [3.8, 4) is 11.4 Å². The van der Waals surface area contributed by atoms with Gasteiger partial charge in [-0.3, -0.25) is 9.69 Å². The zero-order chi connectivity index (χ0) is 21.6. The molecule has 1 aliphatic rings. The van der Waals surface area contributed by atoms with Crippen LogP contribution in [0.4, 0.5) is 5.69 Å². The van der Waals surface area contributed by atoms with Crippen LogP contribution in [0.3, 0.4) is 0 Å². The number of halogens is 1. The lowest BCUT2D eigenvalue weighted by molar-refractivity contribution is -0.116. The molecule has 2 aromatic carbocycles. The van der Waals surface area contributed by atoms with Gasteiger partial charge in [0.2, 0.25) is 17.6 Å². The van der Waals surface area contributed by atoms with Gasteiger partial charge in [0.15, 0.2) is 0 Å². The van der Waals surface area contributed by atoms with E-state index in [1.807, 2.05) is 42.5 Å². The van der Waals surface area contributed by atoms with Crippen molar-refractivity contribution in [1.29, 1.82) is 0 Å². The second kappa shape index (κ2) is 10.0. The summed E-state index contributed by atoms with van der Waals surface area (Å²) < 4.78 is 5.53. The average molecular weight is 440 g/mol. The number of amides is 1. The largest absolute Gasteiger partial charge is 0.337 e. The molecule has 1 aliphatic heterocycles. The number of hydrogen-bond acceptors (Lipinski definition) is 6. The van der Waals surface area contributed by atoms with Gasteiger partial charge in [-0.2, -0.15) is 4.98 Å². The first kappa shape index (κ1) is 21.5. The lowest BCUT2D eigenvalue weighted by Crippen LogP contribution is -2.47. The molecule has 31 heavy (non-hydrogen) atoms. The number of carbonyl (C=O) groups is 1. The highest BCUT2D eigenvalue weighted by atomic mass is 35.5. The summed E-state index contributed by atoms with van der Waals surface area (Å²) in [6.45, 7) is 6.37. The minimum Gasteiger partial charge on any atom is -0.337 e. The van der Waals surface area contributed by atoms with Crippen molar-refractivity contribution in [3.63, 3.8) is 0 Å². The molecule has 1 atom stereocenters. The number of hydrogen-bond donors (Lipinski definition) is 1. The summed E-state index contributed by atoms with van der Waals surface area (Å²) in [5.74, 6) is 1.22. The Morgan fingerprint density at radius 3 is 2.55 bits per heavy atom. The van der Waals surface area contributed by atoms with E-state index in [1.54, 1.807) is 12.1 Å². The first-order valence-corrected chi connectivity index (χ1v) is 10.9. The SMILES string of the molecule is CC(c1nc(-c2ccccc2)no1)N1CCN(CCC(=O)Nc2ccccc2Cl)CC1. The molecule has 8 heteroatoms. The fourth-order valence-electron chi connectivity index (χ4n) is 3.67. The predicted octanol–water partition coefficient (Wildman–Crippen LogP) is 4.10. The lowest BCUT2D eigenvalue weighted by Gasteiger charge is -2.36. The van der Waals surface area contributed by atoms with Crippen LogP contribution in [0.15, 0.2) is 59.1 Å². The Labute approximate surface area is 187 Å². The summed E-state index contributed by atoms with van der Waals surface area (Å²) in [4.78, 5) is 21.5. The Hall–Kier alpha value is -2.74. The molecule has 7 nitrogen and oxygen atoms in total. The van der Waals surface area contributed by atoms with E-state index in [-0.39, 0.29) is 11.9 Å². The fraction of sp³-hybridized carbons (Fsp3) is 0.348. The average Bonchev–Trinajstić information content (AvgIpc) is 3.30. The smallest absolute Gasteiger partial charge is 0.244 e. The van der Waals surface area contributed by atoms with Crippen LogP contribution >= 0.6 is 11.6 Å².